The molecule has 0 atom stereocenters. The van der Waals surface area contributed by atoms with E-state index in [1.165, 1.54) is 9.75 Å². The second-order valence-corrected chi connectivity index (χ2v) is 4.89. The first-order chi connectivity index (χ1) is 7.33. The van der Waals surface area contributed by atoms with Crippen LogP contribution in [0.4, 0.5) is 0 Å². The SMILES string of the molecule is Cc1ccc(CNCCCNCCO)s1.Cl.Cl. The van der Waals surface area contributed by atoms with Gasteiger partial charge in [-0.05, 0) is 38.6 Å². The van der Waals surface area contributed by atoms with Crippen molar-refractivity contribution < 1.29 is 5.11 Å². The van der Waals surface area contributed by atoms with E-state index in [-0.39, 0.29) is 31.4 Å². The van der Waals surface area contributed by atoms with Gasteiger partial charge in [-0.3, -0.25) is 0 Å². The fourth-order valence-electron chi connectivity index (χ4n) is 1.33. The molecule has 0 aliphatic heterocycles. The molecule has 0 amide bonds. The van der Waals surface area contributed by atoms with Gasteiger partial charge in [0.15, 0.2) is 0 Å². The molecule has 17 heavy (non-hydrogen) atoms. The summed E-state index contributed by atoms with van der Waals surface area (Å²) in [6.07, 6.45) is 1.10. The highest BCUT2D eigenvalue weighted by atomic mass is 35.5. The smallest absolute Gasteiger partial charge is 0.0555 e. The van der Waals surface area contributed by atoms with E-state index in [2.05, 4.69) is 29.7 Å². The van der Waals surface area contributed by atoms with Crippen LogP contribution in [0.5, 0.6) is 0 Å². The van der Waals surface area contributed by atoms with Crippen LogP contribution in [-0.2, 0) is 6.54 Å². The lowest BCUT2D eigenvalue weighted by molar-refractivity contribution is 0.292. The minimum atomic E-state index is 0. The zero-order valence-electron chi connectivity index (χ0n) is 10.1. The standard InChI is InChI=1S/C11H20N2OS.2ClH/c1-10-3-4-11(15-10)9-13-6-2-5-12-7-8-14;;/h3-4,12-14H,2,5-9H2,1H3;2*1H. The first-order valence-corrected chi connectivity index (χ1v) is 6.22. The molecular formula is C11H22Cl2N2OS. The summed E-state index contributed by atoms with van der Waals surface area (Å²) >= 11 is 1.85. The maximum Gasteiger partial charge on any atom is 0.0555 e. The molecule has 3 nitrogen and oxygen atoms in total. The maximum absolute atomic E-state index is 8.54. The van der Waals surface area contributed by atoms with Crippen LogP contribution in [0.2, 0.25) is 0 Å². The van der Waals surface area contributed by atoms with Crippen LogP contribution in [-0.4, -0.2) is 31.3 Å². The van der Waals surface area contributed by atoms with Gasteiger partial charge in [-0.25, -0.2) is 0 Å². The second-order valence-electron chi connectivity index (χ2n) is 3.52. The molecule has 0 saturated heterocycles. The zero-order chi connectivity index (χ0) is 10.9. The highest BCUT2D eigenvalue weighted by Gasteiger charge is 1.95. The lowest BCUT2D eigenvalue weighted by Crippen LogP contribution is -2.23. The first-order valence-electron chi connectivity index (χ1n) is 5.40. The molecule has 1 aromatic rings. The van der Waals surface area contributed by atoms with Crippen molar-refractivity contribution >= 4 is 36.2 Å². The highest BCUT2D eigenvalue weighted by molar-refractivity contribution is 7.11. The topological polar surface area (TPSA) is 44.3 Å². The number of aliphatic hydroxyl groups excluding tert-OH is 1. The van der Waals surface area contributed by atoms with Gasteiger partial charge < -0.3 is 15.7 Å². The van der Waals surface area contributed by atoms with Crippen molar-refractivity contribution in [2.24, 2.45) is 0 Å². The third kappa shape index (κ3) is 9.83. The van der Waals surface area contributed by atoms with Crippen molar-refractivity contribution in [3.63, 3.8) is 0 Å². The summed E-state index contributed by atoms with van der Waals surface area (Å²) in [5.74, 6) is 0. The number of aliphatic hydroxyl groups is 1. The molecule has 0 fully saturated rings. The Kier molecular flexibility index (Phi) is 14.5. The minimum Gasteiger partial charge on any atom is -0.395 e. The van der Waals surface area contributed by atoms with Crippen molar-refractivity contribution in [2.45, 2.75) is 19.9 Å². The fraction of sp³-hybridized carbons (Fsp3) is 0.636. The zero-order valence-corrected chi connectivity index (χ0v) is 12.5. The van der Waals surface area contributed by atoms with Crippen LogP contribution in [0.3, 0.4) is 0 Å². The van der Waals surface area contributed by atoms with Crippen LogP contribution in [0.15, 0.2) is 12.1 Å². The van der Waals surface area contributed by atoms with Gasteiger partial charge in [0.05, 0.1) is 6.61 Å². The van der Waals surface area contributed by atoms with Crippen molar-refractivity contribution in [1.29, 1.82) is 0 Å². The van der Waals surface area contributed by atoms with Crippen molar-refractivity contribution in [3.8, 4) is 0 Å². The quantitative estimate of drug-likeness (QED) is 0.643. The summed E-state index contributed by atoms with van der Waals surface area (Å²) in [4.78, 5) is 2.77. The molecule has 1 rings (SSSR count). The van der Waals surface area contributed by atoms with Crippen LogP contribution in [0.25, 0.3) is 0 Å². The van der Waals surface area contributed by atoms with Crippen LogP contribution in [0, 0.1) is 6.92 Å². The third-order valence-electron chi connectivity index (χ3n) is 2.09. The van der Waals surface area contributed by atoms with Gasteiger partial charge in [0.2, 0.25) is 0 Å². The van der Waals surface area contributed by atoms with Gasteiger partial charge in [0.25, 0.3) is 0 Å². The lowest BCUT2D eigenvalue weighted by atomic mass is 10.4. The third-order valence-corrected chi connectivity index (χ3v) is 3.09. The Morgan fingerprint density at radius 2 is 1.82 bits per heavy atom. The summed E-state index contributed by atoms with van der Waals surface area (Å²) in [5.41, 5.74) is 0. The van der Waals surface area contributed by atoms with Gasteiger partial charge in [-0.15, -0.1) is 36.2 Å². The van der Waals surface area contributed by atoms with Crippen molar-refractivity contribution in [3.05, 3.63) is 21.9 Å². The summed E-state index contributed by atoms with van der Waals surface area (Å²) in [6, 6.07) is 4.33. The lowest BCUT2D eigenvalue weighted by Gasteiger charge is -2.04. The van der Waals surface area contributed by atoms with Gasteiger partial charge in [-0.1, -0.05) is 0 Å². The largest absolute Gasteiger partial charge is 0.395 e. The van der Waals surface area contributed by atoms with E-state index in [0.29, 0.717) is 6.54 Å². The molecule has 102 valence electrons. The average Bonchev–Trinajstić information content (AvgIpc) is 2.63. The van der Waals surface area contributed by atoms with Crippen LogP contribution < -0.4 is 10.6 Å². The predicted molar refractivity (Wildman–Crippen MR) is 79.8 cm³/mol. The maximum atomic E-state index is 8.54. The summed E-state index contributed by atoms with van der Waals surface area (Å²) < 4.78 is 0. The number of nitrogens with one attached hydrogen (secondary N) is 2. The molecule has 1 heterocycles. The van der Waals surface area contributed by atoms with Crippen LogP contribution >= 0.6 is 36.2 Å². The van der Waals surface area contributed by atoms with Gasteiger partial charge in [0, 0.05) is 22.8 Å². The van der Waals surface area contributed by atoms with Gasteiger partial charge in [0.1, 0.15) is 0 Å². The van der Waals surface area contributed by atoms with Crippen molar-refractivity contribution in [2.75, 3.05) is 26.2 Å². The Morgan fingerprint density at radius 3 is 2.41 bits per heavy atom. The Balaban J connectivity index is 0. The van der Waals surface area contributed by atoms with E-state index < -0.39 is 0 Å². The molecule has 0 aromatic carbocycles. The molecule has 6 heteroatoms. The Hall–Kier alpha value is 0.160. The molecule has 1 aromatic heterocycles. The summed E-state index contributed by atoms with van der Waals surface area (Å²) in [5, 5.41) is 15.1. The van der Waals surface area contributed by atoms with E-state index in [4.69, 9.17) is 5.11 Å². The predicted octanol–water partition coefficient (Wildman–Crippen LogP) is 1.96. The average molecular weight is 301 g/mol. The molecule has 3 N–H and O–H groups in total. The van der Waals surface area contributed by atoms with Gasteiger partial charge >= 0.3 is 0 Å². The van der Waals surface area contributed by atoms with Gasteiger partial charge in [-0.2, -0.15) is 0 Å². The number of rotatable bonds is 8. The number of halogens is 2. The monoisotopic (exact) mass is 300 g/mol. The number of hydrogen-bond acceptors (Lipinski definition) is 4. The minimum absolute atomic E-state index is 0. The summed E-state index contributed by atoms with van der Waals surface area (Å²) in [7, 11) is 0. The number of aryl methyl sites for hydroxylation is 1. The Bertz CT molecular complexity index is 272. The number of hydrogen-bond donors (Lipinski definition) is 3. The molecule has 0 spiro atoms. The molecule has 0 unspecified atom stereocenters. The normalized spacial score (nSPS) is 9.53. The fourth-order valence-corrected chi connectivity index (χ4v) is 2.19. The van der Waals surface area contributed by atoms with E-state index >= 15 is 0 Å². The highest BCUT2D eigenvalue weighted by Crippen LogP contribution is 2.14. The first kappa shape index (κ1) is 19.5. The van der Waals surface area contributed by atoms with Crippen molar-refractivity contribution in [1.82, 2.24) is 10.6 Å². The van der Waals surface area contributed by atoms with E-state index in [0.717, 1.165) is 26.1 Å². The van der Waals surface area contributed by atoms with E-state index in [1.807, 2.05) is 11.3 Å². The molecule has 0 aliphatic rings. The molecular weight excluding hydrogens is 279 g/mol. The van der Waals surface area contributed by atoms with E-state index in [1.54, 1.807) is 0 Å². The Labute approximate surface area is 120 Å². The van der Waals surface area contributed by atoms with Crippen LogP contribution in [0.1, 0.15) is 16.2 Å². The molecule has 0 radical (unpaired) electrons. The molecule has 0 saturated carbocycles. The molecule has 0 bridgehead atoms. The summed E-state index contributed by atoms with van der Waals surface area (Å²) in [6.45, 7) is 6.02. The second kappa shape index (κ2) is 12.6. The molecule has 0 aliphatic carbocycles. The Morgan fingerprint density at radius 1 is 1.12 bits per heavy atom. The number of thiophene rings is 1. The van der Waals surface area contributed by atoms with E-state index in [9.17, 15) is 0 Å².